The smallest absolute Gasteiger partial charge is 0.0991 e. The Kier molecular flexibility index (Phi) is 4.31. The van der Waals surface area contributed by atoms with E-state index in [-0.39, 0.29) is 6.04 Å². The summed E-state index contributed by atoms with van der Waals surface area (Å²) in [5, 5.41) is 13.4. The van der Waals surface area contributed by atoms with Crippen LogP contribution in [-0.4, -0.2) is 4.98 Å². The molecule has 0 aliphatic carbocycles. The number of aromatic nitrogens is 1. The molecule has 0 saturated carbocycles. The Balaban J connectivity index is 1.99. The van der Waals surface area contributed by atoms with Crippen molar-refractivity contribution in [2.75, 3.05) is 0 Å². The van der Waals surface area contributed by atoms with Crippen molar-refractivity contribution in [3.8, 4) is 6.07 Å². The fraction of sp³-hybridized carbons (Fsp3) is 0.333. The SMILES string of the molecule is Cc1nc(C)c(CNC(C)c2ccc(C#N)cc2)s1. The molecule has 0 fully saturated rings. The maximum absolute atomic E-state index is 8.78. The summed E-state index contributed by atoms with van der Waals surface area (Å²) in [7, 11) is 0. The monoisotopic (exact) mass is 271 g/mol. The van der Waals surface area contributed by atoms with Gasteiger partial charge in [-0.25, -0.2) is 4.98 Å². The number of benzene rings is 1. The van der Waals surface area contributed by atoms with Gasteiger partial charge in [0.2, 0.25) is 0 Å². The molecule has 1 N–H and O–H groups in total. The van der Waals surface area contributed by atoms with Gasteiger partial charge in [0.05, 0.1) is 22.3 Å². The van der Waals surface area contributed by atoms with Crippen LogP contribution in [0.2, 0.25) is 0 Å². The third kappa shape index (κ3) is 3.40. The van der Waals surface area contributed by atoms with Crippen LogP contribution >= 0.6 is 11.3 Å². The number of aryl methyl sites for hydroxylation is 2. The van der Waals surface area contributed by atoms with E-state index in [1.807, 2.05) is 38.1 Å². The maximum Gasteiger partial charge on any atom is 0.0991 e. The molecule has 1 unspecified atom stereocenters. The Hall–Kier alpha value is -1.70. The van der Waals surface area contributed by atoms with E-state index in [4.69, 9.17) is 5.26 Å². The minimum atomic E-state index is 0.259. The number of nitrogens with zero attached hydrogens (tertiary/aromatic N) is 2. The molecule has 1 heterocycles. The number of nitrogens with one attached hydrogen (secondary N) is 1. The second-order valence-electron chi connectivity index (χ2n) is 4.58. The Morgan fingerprint density at radius 2 is 2.00 bits per heavy atom. The average Bonchev–Trinajstić information content (AvgIpc) is 2.74. The van der Waals surface area contributed by atoms with Crippen LogP contribution in [0.3, 0.4) is 0 Å². The Morgan fingerprint density at radius 1 is 1.32 bits per heavy atom. The summed E-state index contributed by atoms with van der Waals surface area (Å²) in [5.41, 5.74) is 3.00. The average molecular weight is 271 g/mol. The van der Waals surface area contributed by atoms with Crippen LogP contribution in [0.4, 0.5) is 0 Å². The number of nitriles is 1. The molecule has 0 bridgehead atoms. The maximum atomic E-state index is 8.78. The molecule has 0 spiro atoms. The van der Waals surface area contributed by atoms with E-state index >= 15 is 0 Å². The first-order chi connectivity index (χ1) is 9.10. The van der Waals surface area contributed by atoms with Gasteiger partial charge in [-0.15, -0.1) is 11.3 Å². The summed E-state index contributed by atoms with van der Waals surface area (Å²) in [6.07, 6.45) is 0. The lowest BCUT2D eigenvalue weighted by Crippen LogP contribution is -2.17. The first kappa shape index (κ1) is 13.7. The third-order valence-corrected chi connectivity index (χ3v) is 4.18. The third-order valence-electron chi connectivity index (χ3n) is 3.11. The minimum Gasteiger partial charge on any atom is -0.305 e. The van der Waals surface area contributed by atoms with Gasteiger partial charge in [-0.1, -0.05) is 12.1 Å². The molecule has 1 aromatic heterocycles. The molecule has 0 aliphatic rings. The Labute approximate surface area is 117 Å². The van der Waals surface area contributed by atoms with E-state index in [0.717, 1.165) is 17.2 Å². The zero-order valence-electron chi connectivity index (χ0n) is 11.4. The highest BCUT2D eigenvalue weighted by Crippen LogP contribution is 2.19. The molecule has 0 amide bonds. The lowest BCUT2D eigenvalue weighted by molar-refractivity contribution is 0.577. The standard InChI is InChI=1S/C15H17N3S/c1-10(14-6-4-13(8-16)5-7-14)17-9-15-11(2)18-12(3)19-15/h4-7,10,17H,9H2,1-3H3. The van der Waals surface area contributed by atoms with Crippen molar-refractivity contribution in [3.05, 3.63) is 51.0 Å². The lowest BCUT2D eigenvalue weighted by Gasteiger charge is -2.13. The molecule has 19 heavy (non-hydrogen) atoms. The van der Waals surface area contributed by atoms with Gasteiger partial charge in [-0.05, 0) is 38.5 Å². The summed E-state index contributed by atoms with van der Waals surface area (Å²) in [6.45, 7) is 7.04. The van der Waals surface area contributed by atoms with Crippen LogP contribution in [0, 0.1) is 25.2 Å². The summed E-state index contributed by atoms with van der Waals surface area (Å²) >= 11 is 1.74. The van der Waals surface area contributed by atoms with Gasteiger partial charge in [-0.2, -0.15) is 5.26 Å². The van der Waals surface area contributed by atoms with Gasteiger partial charge in [0.1, 0.15) is 0 Å². The van der Waals surface area contributed by atoms with E-state index in [2.05, 4.69) is 23.3 Å². The highest BCUT2D eigenvalue weighted by Gasteiger charge is 2.08. The molecule has 2 aromatic rings. The number of hydrogen-bond acceptors (Lipinski definition) is 4. The predicted octanol–water partition coefficient (Wildman–Crippen LogP) is 3.48. The summed E-state index contributed by atoms with van der Waals surface area (Å²) in [5.74, 6) is 0. The fourth-order valence-electron chi connectivity index (χ4n) is 1.95. The molecular weight excluding hydrogens is 254 g/mol. The normalized spacial score (nSPS) is 12.1. The molecular formula is C15H17N3S. The van der Waals surface area contributed by atoms with Crippen LogP contribution in [0.5, 0.6) is 0 Å². The van der Waals surface area contributed by atoms with E-state index in [1.54, 1.807) is 11.3 Å². The first-order valence-corrected chi connectivity index (χ1v) is 7.08. The Morgan fingerprint density at radius 3 is 2.53 bits per heavy atom. The van der Waals surface area contributed by atoms with Gasteiger partial charge in [-0.3, -0.25) is 0 Å². The summed E-state index contributed by atoms with van der Waals surface area (Å²) in [6, 6.07) is 10.1. The molecule has 0 aliphatic heterocycles. The summed E-state index contributed by atoms with van der Waals surface area (Å²) < 4.78 is 0. The molecule has 3 nitrogen and oxygen atoms in total. The largest absolute Gasteiger partial charge is 0.305 e. The van der Waals surface area contributed by atoms with Gasteiger partial charge in [0.15, 0.2) is 0 Å². The zero-order chi connectivity index (χ0) is 13.8. The molecule has 2 rings (SSSR count). The molecule has 4 heteroatoms. The second-order valence-corrected chi connectivity index (χ2v) is 5.87. The van der Waals surface area contributed by atoms with Crippen LogP contribution < -0.4 is 5.32 Å². The van der Waals surface area contributed by atoms with Gasteiger partial charge < -0.3 is 5.32 Å². The predicted molar refractivity (Wildman–Crippen MR) is 78.0 cm³/mol. The van der Waals surface area contributed by atoms with Crippen molar-refractivity contribution in [1.82, 2.24) is 10.3 Å². The second kappa shape index (κ2) is 5.96. The van der Waals surface area contributed by atoms with E-state index in [0.29, 0.717) is 5.56 Å². The van der Waals surface area contributed by atoms with Gasteiger partial charge in [0, 0.05) is 17.5 Å². The molecule has 1 aromatic carbocycles. The van der Waals surface area contributed by atoms with Crippen molar-refractivity contribution < 1.29 is 0 Å². The minimum absolute atomic E-state index is 0.259. The van der Waals surface area contributed by atoms with Crippen LogP contribution in [-0.2, 0) is 6.54 Å². The lowest BCUT2D eigenvalue weighted by atomic mass is 10.1. The van der Waals surface area contributed by atoms with Crippen molar-refractivity contribution >= 4 is 11.3 Å². The quantitative estimate of drug-likeness (QED) is 0.926. The number of hydrogen-bond donors (Lipinski definition) is 1. The molecule has 98 valence electrons. The summed E-state index contributed by atoms with van der Waals surface area (Å²) in [4.78, 5) is 5.72. The number of thiazole rings is 1. The Bertz CT molecular complexity index is 593. The van der Waals surface area contributed by atoms with Crippen LogP contribution in [0.1, 0.15) is 39.7 Å². The van der Waals surface area contributed by atoms with Crippen molar-refractivity contribution in [3.63, 3.8) is 0 Å². The first-order valence-electron chi connectivity index (χ1n) is 6.26. The fourth-order valence-corrected chi connectivity index (χ4v) is 2.84. The molecule has 0 saturated heterocycles. The van der Waals surface area contributed by atoms with E-state index in [1.165, 1.54) is 10.4 Å². The van der Waals surface area contributed by atoms with Crippen molar-refractivity contribution in [2.24, 2.45) is 0 Å². The van der Waals surface area contributed by atoms with E-state index < -0.39 is 0 Å². The topological polar surface area (TPSA) is 48.7 Å². The zero-order valence-corrected chi connectivity index (χ0v) is 12.2. The van der Waals surface area contributed by atoms with Crippen LogP contribution in [0.25, 0.3) is 0 Å². The number of rotatable bonds is 4. The molecule has 0 radical (unpaired) electrons. The van der Waals surface area contributed by atoms with Gasteiger partial charge >= 0.3 is 0 Å². The van der Waals surface area contributed by atoms with E-state index in [9.17, 15) is 0 Å². The van der Waals surface area contributed by atoms with Crippen LogP contribution in [0.15, 0.2) is 24.3 Å². The van der Waals surface area contributed by atoms with Gasteiger partial charge in [0.25, 0.3) is 0 Å². The van der Waals surface area contributed by atoms with Crippen molar-refractivity contribution in [1.29, 1.82) is 5.26 Å². The van der Waals surface area contributed by atoms with Crippen molar-refractivity contribution in [2.45, 2.75) is 33.4 Å². The molecule has 1 atom stereocenters. The highest BCUT2D eigenvalue weighted by molar-refractivity contribution is 7.11. The highest BCUT2D eigenvalue weighted by atomic mass is 32.1.